The van der Waals surface area contributed by atoms with E-state index in [1.165, 1.54) is 4.90 Å². The number of halogens is 2. The zero-order chi connectivity index (χ0) is 23.5. The number of nitrogens with zero attached hydrogens (tertiary/aromatic N) is 4. The fraction of sp³-hybridized carbons (Fsp3) is 0.652. The van der Waals surface area contributed by atoms with E-state index in [2.05, 4.69) is 36.2 Å². The molecule has 0 aromatic carbocycles. The molecule has 1 aliphatic carbocycles. The van der Waals surface area contributed by atoms with Gasteiger partial charge in [-0.1, -0.05) is 20.8 Å². The van der Waals surface area contributed by atoms with Crippen molar-refractivity contribution in [2.24, 2.45) is 0 Å². The number of carbonyl (C=O) groups is 2. The molecule has 7 nitrogen and oxygen atoms in total. The zero-order valence-corrected chi connectivity index (χ0v) is 19.3. The Labute approximate surface area is 186 Å². The van der Waals surface area contributed by atoms with Crippen LogP contribution in [0.4, 0.5) is 8.78 Å². The summed E-state index contributed by atoms with van der Waals surface area (Å²) in [6.07, 6.45) is 2.08. The Morgan fingerprint density at radius 1 is 1.22 bits per heavy atom. The maximum absolute atomic E-state index is 13.7. The summed E-state index contributed by atoms with van der Waals surface area (Å²) in [4.78, 5) is 31.7. The molecule has 0 radical (unpaired) electrons. The first-order chi connectivity index (χ1) is 14.8. The summed E-state index contributed by atoms with van der Waals surface area (Å²) in [6, 6.07) is 1.96. The lowest BCUT2D eigenvalue weighted by atomic mass is 9.82. The van der Waals surface area contributed by atoms with Crippen LogP contribution in [0.2, 0.25) is 0 Å². The minimum atomic E-state index is -2.60. The molecule has 4 rings (SSSR count). The quantitative estimate of drug-likeness (QED) is 0.762. The summed E-state index contributed by atoms with van der Waals surface area (Å²) >= 11 is 0. The van der Waals surface area contributed by atoms with Gasteiger partial charge in [-0.2, -0.15) is 5.10 Å². The molecule has 1 aliphatic heterocycles. The van der Waals surface area contributed by atoms with Crippen molar-refractivity contribution < 1.29 is 18.4 Å². The predicted molar refractivity (Wildman–Crippen MR) is 116 cm³/mol. The first-order valence-corrected chi connectivity index (χ1v) is 11.2. The molecular weight excluding hydrogens is 416 g/mol. The normalized spacial score (nSPS) is 21.6. The number of fused-ring (bicyclic) bond motifs is 1. The van der Waals surface area contributed by atoms with Crippen LogP contribution in [0, 0.1) is 0 Å². The van der Waals surface area contributed by atoms with Crippen LogP contribution in [-0.2, 0) is 10.2 Å². The van der Waals surface area contributed by atoms with E-state index in [0.717, 1.165) is 11.3 Å². The van der Waals surface area contributed by atoms with Crippen molar-refractivity contribution in [3.05, 3.63) is 29.2 Å². The van der Waals surface area contributed by atoms with Gasteiger partial charge in [-0.05, 0) is 38.2 Å². The number of rotatable bonds is 2. The fourth-order valence-electron chi connectivity index (χ4n) is 4.58. The Balaban J connectivity index is 1.74. The van der Waals surface area contributed by atoms with Crippen molar-refractivity contribution in [2.75, 3.05) is 13.1 Å². The fourth-order valence-corrected chi connectivity index (χ4v) is 4.58. The number of amides is 2. The molecule has 1 saturated carbocycles. The lowest BCUT2D eigenvalue weighted by Crippen LogP contribution is -2.63. The molecule has 32 heavy (non-hydrogen) atoms. The second-order valence-corrected chi connectivity index (χ2v) is 10.5. The lowest BCUT2D eigenvalue weighted by molar-refractivity contribution is -0.133. The van der Waals surface area contributed by atoms with Gasteiger partial charge in [0.25, 0.3) is 5.91 Å². The van der Waals surface area contributed by atoms with Gasteiger partial charge >= 0.3 is 0 Å². The summed E-state index contributed by atoms with van der Waals surface area (Å²) in [5.41, 5.74) is 1.20. The topological polar surface area (TPSA) is 79.6 Å². The number of hydrogen-bond donors (Lipinski definition) is 1. The van der Waals surface area contributed by atoms with E-state index in [4.69, 9.17) is 0 Å². The largest absolute Gasteiger partial charge is 0.352 e. The molecule has 2 fully saturated rings. The number of nitrogens with one attached hydrogen (secondary N) is 1. The first-order valence-electron chi connectivity index (χ1n) is 11.2. The third-order valence-corrected chi connectivity index (χ3v) is 6.70. The van der Waals surface area contributed by atoms with Crippen molar-refractivity contribution in [3.8, 4) is 0 Å². The second kappa shape index (κ2) is 7.49. The molecule has 174 valence electrons. The van der Waals surface area contributed by atoms with E-state index < -0.39 is 11.5 Å². The van der Waals surface area contributed by atoms with Gasteiger partial charge < -0.3 is 10.2 Å². The van der Waals surface area contributed by atoms with Crippen LogP contribution in [0.25, 0.3) is 5.65 Å². The maximum atomic E-state index is 13.7. The molecule has 1 N–H and O–H groups in total. The highest BCUT2D eigenvalue weighted by molar-refractivity contribution is 5.98. The number of alkyl halides is 2. The van der Waals surface area contributed by atoms with E-state index in [1.54, 1.807) is 24.6 Å². The molecule has 1 saturated heterocycles. The van der Waals surface area contributed by atoms with E-state index in [-0.39, 0.29) is 41.7 Å². The Morgan fingerprint density at radius 3 is 2.50 bits per heavy atom. The predicted octanol–water partition coefficient (Wildman–Crippen LogP) is 3.67. The second-order valence-electron chi connectivity index (χ2n) is 10.5. The number of hydrogen-bond acceptors (Lipinski definition) is 4. The van der Waals surface area contributed by atoms with Crippen LogP contribution >= 0.6 is 0 Å². The van der Waals surface area contributed by atoms with Crippen LogP contribution in [0.15, 0.2) is 12.3 Å². The van der Waals surface area contributed by atoms with Crippen LogP contribution in [0.1, 0.15) is 88.0 Å². The lowest BCUT2D eigenvalue weighted by Gasteiger charge is -2.40. The van der Waals surface area contributed by atoms with E-state index in [9.17, 15) is 18.4 Å². The van der Waals surface area contributed by atoms with E-state index in [1.807, 2.05) is 6.07 Å². The van der Waals surface area contributed by atoms with Gasteiger partial charge in [0, 0.05) is 37.4 Å². The van der Waals surface area contributed by atoms with Gasteiger partial charge in [0.2, 0.25) is 11.8 Å². The Kier molecular flexibility index (Phi) is 5.29. The van der Waals surface area contributed by atoms with Crippen LogP contribution in [-0.4, -0.2) is 55.9 Å². The number of piperazine rings is 1. The Bertz CT molecular complexity index is 1060. The monoisotopic (exact) mass is 447 g/mol. The summed E-state index contributed by atoms with van der Waals surface area (Å²) in [5, 5.41) is 7.47. The van der Waals surface area contributed by atoms with Crippen molar-refractivity contribution in [1.82, 2.24) is 24.8 Å². The van der Waals surface area contributed by atoms with E-state index in [0.29, 0.717) is 31.6 Å². The SMILES string of the molecule is CC(C)(C)c1cc(C2CCC(F)(F)CC2)nn2cc(C(=O)N3CCNC(=O)C3(C)C)nc12. The van der Waals surface area contributed by atoms with Gasteiger partial charge in [-0.3, -0.25) is 9.59 Å². The molecule has 0 bridgehead atoms. The standard InChI is InChI=1S/C23H31F2N5O2/c1-21(2,3)15-12-16(14-6-8-23(24,25)9-7-14)28-30-13-17(27-18(15)30)19(31)29-11-10-26-20(32)22(29,4)5/h12-14H,6-11H2,1-5H3,(H,26,32). The molecular formula is C23H31F2N5O2. The molecule has 2 amide bonds. The van der Waals surface area contributed by atoms with Gasteiger partial charge in [-0.25, -0.2) is 18.3 Å². The van der Waals surface area contributed by atoms with Gasteiger partial charge in [0.1, 0.15) is 11.2 Å². The minimum absolute atomic E-state index is 0.0496. The Hall–Kier alpha value is -2.58. The number of carbonyl (C=O) groups excluding carboxylic acids is 2. The molecule has 2 aromatic heterocycles. The average molecular weight is 448 g/mol. The highest BCUT2D eigenvalue weighted by atomic mass is 19.3. The van der Waals surface area contributed by atoms with Crippen LogP contribution in [0.3, 0.4) is 0 Å². The molecule has 9 heteroatoms. The molecule has 0 atom stereocenters. The first kappa shape index (κ1) is 22.6. The molecule has 0 spiro atoms. The van der Waals surface area contributed by atoms with Crippen LogP contribution < -0.4 is 5.32 Å². The van der Waals surface area contributed by atoms with Crippen molar-refractivity contribution in [2.45, 2.75) is 83.1 Å². The number of aromatic nitrogens is 3. The van der Waals surface area contributed by atoms with Gasteiger partial charge in [0.05, 0.1) is 11.9 Å². The summed E-state index contributed by atoms with van der Waals surface area (Å²) in [6.45, 7) is 10.4. The number of imidazole rings is 1. The smallest absolute Gasteiger partial charge is 0.275 e. The minimum Gasteiger partial charge on any atom is -0.352 e. The van der Waals surface area contributed by atoms with Crippen LogP contribution in [0.5, 0.6) is 0 Å². The van der Waals surface area contributed by atoms with E-state index >= 15 is 0 Å². The third kappa shape index (κ3) is 3.97. The third-order valence-electron chi connectivity index (χ3n) is 6.70. The van der Waals surface area contributed by atoms with Crippen molar-refractivity contribution >= 4 is 17.5 Å². The van der Waals surface area contributed by atoms with Gasteiger partial charge in [0.15, 0.2) is 5.65 Å². The molecule has 2 aromatic rings. The summed E-state index contributed by atoms with van der Waals surface area (Å²) in [5.74, 6) is -3.18. The Morgan fingerprint density at radius 2 is 1.88 bits per heavy atom. The molecule has 3 heterocycles. The zero-order valence-electron chi connectivity index (χ0n) is 19.3. The summed E-state index contributed by atoms with van der Waals surface area (Å²) in [7, 11) is 0. The van der Waals surface area contributed by atoms with Crippen molar-refractivity contribution in [3.63, 3.8) is 0 Å². The average Bonchev–Trinajstić information content (AvgIpc) is 3.12. The maximum Gasteiger partial charge on any atom is 0.275 e. The van der Waals surface area contributed by atoms with Crippen molar-refractivity contribution in [1.29, 1.82) is 0 Å². The van der Waals surface area contributed by atoms with Gasteiger partial charge in [-0.15, -0.1) is 0 Å². The summed E-state index contributed by atoms with van der Waals surface area (Å²) < 4.78 is 28.9. The molecule has 2 aliphatic rings. The highest BCUT2D eigenvalue weighted by Crippen LogP contribution is 2.41. The molecule has 0 unspecified atom stereocenters. The highest BCUT2D eigenvalue weighted by Gasteiger charge is 2.42.